The number of rotatable bonds is 8. The van der Waals surface area contributed by atoms with Gasteiger partial charge in [-0.2, -0.15) is 10.1 Å². The first kappa shape index (κ1) is 25.4. The normalized spacial score (nSPS) is 12.1. The van der Waals surface area contributed by atoms with Gasteiger partial charge in [0.1, 0.15) is 17.6 Å². The first-order chi connectivity index (χ1) is 16.1. The van der Waals surface area contributed by atoms with Crippen molar-refractivity contribution in [3.63, 3.8) is 0 Å². The molecule has 3 aromatic rings. The number of esters is 1. The molecule has 1 atom stereocenters. The minimum atomic E-state index is -1.38. The molecule has 1 unspecified atom stereocenters. The Labute approximate surface area is 202 Å². The summed E-state index contributed by atoms with van der Waals surface area (Å²) < 4.78 is 26.3. The highest BCUT2D eigenvalue weighted by molar-refractivity contribution is 6.30. The standard InChI is InChI=1S/C23H27ClFN5O4/c1-7-34-22(32)18-17(20(31)13-8-9-14(24)15(25)10-13)19(12(2)3)30(28-18)16-11-26-23(29(4)5)27-21(16)33-6/h8-12,20,31H,7H2,1-6H3. The number of aliphatic hydroxyl groups is 1. The molecular formula is C23H27ClFN5O4. The number of nitrogens with zero attached hydrogens (tertiary/aromatic N) is 5. The molecule has 0 aliphatic heterocycles. The van der Waals surface area contributed by atoms with Crippen LogP contribution in [0.5, 0.6) is 5.88 Å². The topological polar surface area (TPSA) is 103 Å². The Morgan fingerprint density at radius 3 is 2.59 bits per heavy atom. The minimum Gasteiger partial charge on any atom is -0.479 e. The van der Waals surface area contributed by atoms with Gasteiger partial charge in [0.2, 0.25) is 11.8 Å². The summed E-state index contributed by atoms with van der Waals surface area (Å²) in [6, 6.07) is 3.96. The van der Waals surface area contributed by atoms with Gasteiger partial charge in [0.25, 0.3) is 0 Å². The van der Waals surface area contributed by atoms with Crippen molar-refractivity contribution in [1.82, 2.24) is 19.7 Å². The molecule has 0 bridgehead atoms. The number of aliphatic hydroxyl groups excluding tert-OH is 1. The third-order valence-corrected chi connectivity index (χ3v) is 5.36. The molecule has 2 heterocycles. The van der Waals surface area contributed by atoms with E-state index in [1.165, 1.54) is 30.1 Å². The summed E-state index contributed by atoms with van der Waals surface area (Å²) in [4.78, 5) is 23.3. The second-order valence-corrected chi connectivity index (χ2v) is 8.38. The summed E-state index contributed by atoms with van der Waals surface area (Å²) in [6.45, 7) is 5.53. The first-order valence-electron chi connectivity index (χ1n) is 10.6. The molecule has 3 rings (SSSR count). The van der Waals surface area contributed by atoms with Crippen LogP contribution in [0, 0.1) is 5.82 Å². The molecule has 0 saturated carbocycles. The second kappa shape index (κ2) is 10.4. The van der Waals surface area contributed by atoms with Crippen molar-refractivity contribution in [1.29, 1.82) is 0 Å². The van der Waals surface area contributed by atoms with Crippen LogP contribution in [0.15, 0.2) is 24.4 Å². The number of methoxy groups -OCH3 is 1. The van der Waals surface area contributed by atoms with Crippen LogP contribution >= 0.6 is 11.6 Å². The molecule has 0 spiro atoms. The zero-order valence-electron chi connectivity index (χ0n) is 19.8. The Bertz CT molecular complexity index is 1200. The number of hydrogen-bond donors (Lipinski definition) is 1. The summed E-state index contributed by atoms with van der Waals surface area (Å²) in [6.07, 6.45) is 0.137. The predicted molar refractivity (Wildman–Crippen MR) is 126 cm³/mol. The molecule has 0 aliphatic carbocycles. The van der Waals surface area contributed by atoms with E-state index >= 15 is 0 Å². The Balaban J connectivity index is 2.31. The van der Waals surface area contributed by atoms with Crippen molar-refractivity contribution in [3.8, 4) is 11.6 Å². The number of carbonyl (C=O) groups excluding carboxylic acids is 1. The largest absolute Gasteiger partial charge is 0.479 e. The molecule has 0 radical (unpaired) electrons. The maximum Gasteiger partial charge on any atom is 0.359 e. The molecule has 1 aromatic carbocycles. The van der Waals surface area contributed by atoms with Crippen molar-refractivity contribution in [2.45, 2.75) is 32.8 Å². The maximum atomic E-state index is 14.2. The fraction of sp³-hybridized carbons (Fsp3) is 0.391. The van der Waals surface area contributed by atoms with Crippen LogP contribution in [0.1, 0.15) is 60.1 Å². The second-order valence-electron chi connectivity index (χ2n) is 7.97. The summed E-state index contributed by atoms with van der Waals surface area (Å²) >= 11 is 5.81. The number of halogens is 2. The summed E-state index contributed by atoms with van der Waals surface area (Å²) in [7, 11) is 5.04. The molecule has 2 aromatic heterocycles. The fourth-order valence-corrected chi connectivity index (χ4v) is 3.63. The van der Waals surface area contributed by atoms with E-state index in [1.54, 1.807) is 25.9 Å². The van der Waals surface area contributed by atoms with Crippen molar-refractivity contribution >= 4 is 23.5 Å². The van der Waals surface area contributed by atoms with E-state index in [2.05, 4.69) is 15.1 Å². The van der Waals surface area contributed by atoms with Crippen LogP contribution in [0.2, 0.25) is 5.02 Å². The number of hydrogen-bond acceptors (Lipinski definition) is 8. The predicted octanol–water partition coefficient (Wildman–Crippen LogP) is 3.91. The number of ether oxygens (including phenoxy) is 2. The monoisotopic (exact) mass is 491 g/mol. The van der Waals surface area contributed by atoms with Crippen LogP contribution in [-0.2, 0) is 4.74 Å². The van der Waals surface area contributed by atoms with Crippen LogP contribution in [-0.4, -0.2) is 58.6 Å². The molecule has 1 N–H and O–H groups in total. The van der Waals surface area contributed by atoms with Gasteiger partial charge in [-0.3, -0.25) is 0 Å². The van der Waals surface area contributed by atoms with Crippen LogP contribution in [0.25, 0.3) is 5.69 Å². The fourth-order valence-electron chi connectivity index (χ4n) is 3.51. The summed E-state index contributed by atoms with van der Waals surface area (Å²) in [5, 5.41) is 15.7. The zero-order valence-corrected chi connectivity index (χ0v) is 20.6. The highest BCUT2D eigenvalue weighted by Gasteiger charge is 2.33. The maximum absolute atomic E-state index is 14.2. The lowest BCUT2D eigenvalue weighted by atomic mass is 9.94. The molecule has 0 saturated heterocycles. The van der Waals surface area contributed by atoms with Gasteiger partial charge < -0.3 is 19.5 Å². The molecule has 182 valence electrons. The van der Waals surface area contributed by atoms with Crippen LogP contribution < -0.4 is 9.64 Å². The Hall–Kier alpha value is -3.24. The molecule has 9 nitrogen and oxygen atoms in total. The van der Waals surface area contributed by atoms with Crippen LogP contribution in [0.3, 0.4) is 0 Å². The summed E-state index contributed by atoms with van der Waals surface area (Å²) in [5.41, 5.74) is 1.15. The van der Waals surface area contributed by atoms with Crippen molar-refractivity contribution < 1.29 is 23.8 Å². The minimum absolute atomic E-state index is 0.0794. The number of anilines is 1. The van der Waals surface area contributed by atoms with Gasteiger partial charge >= 0.3 is 5.97 Å². The highest BCUT2D eigenvalue weighted by Crippen LogP contribution is 2.36. The van der Waals surface area contributed by atoms with Crippen molar-refractivity contribution in [2.24, 2.45) is 0 Å². The molecule has 34 heavy (non-hydrogen) atoms. The average molecular weight is 492 g/mol. The van der Waals surface area contributed by atoms with Crippen LogP contribution in [0.4, 0.5) is 10.3 Å². The lowest BCUT2D eigenvalue weighted by Crippen LogP contribution is -2.15. The van der Waals surface area contributed by atoms with Gasteiger partial charge in [-0.25, -0.2) is 18.9 Å². The molecule has 11 heteroatoms. The Morgan fingerprint density at radius 1 is 1.32 bits per heavy atom. The average Bonchev–Trinajstić information content (AvgIpc) is 3.21. The molecule has 0 aliphatic rings. The van der Waals surface area contributed by atoms with Crippen molar-refractivity contribution in [3.05, 3.63) is 57.8 Å². The highest BCUT2D eigenvalue weighted by atomic mass is 35.5. The first-order valence-corrected chi connectivity index (χ1v) is 11.0. The van der Waals surface area contributed by atoms with E-state index in [-0.39, 0.29) is 40.2 Å². The van der Waals surface area contributed by atoms with E-state index in [9.17, 15) is 14.3 Å². The van der Waals surface area contributed by atoms with Gasteiger partial charge in [0.05, 0.1) is 30.6 Å². The SMILES string of the molecule is CCOC(=O)c1nn(-c2cnc(N(C)C)nc2OC)c(C(C)C)c1C(O)c1ccc(Cl)c(F)c1. The third kappa shape index (κ3) is 4.83. The number of aromatic nitrogens is 4. The number of carbonyl (C=O) groups is 1. The molecular weight excluding hydrogens is 465 g/mol. The van der Waals surface area contributed by atoms with E-state index in [0.717, 1.165) is 6.07 Å². The van der Waals surface area contributed by atoms with Gasteiger partial charge in [-0.15, -0.1) is 0 Å². The van der Waals surface area contributed by atoms with Gasteiger partial charge in [-0.05, 0) is 30.5 Å². The van der Waals surface area contributed by atoms with Gasteiger partial charge in [0.15, 0.2) is 5.69 Å². The molecule has 0 amide bonds. The lowest BCUT2D eigenvalue weighted by molar-refractivity contribution is 0.0513. The van der Waals surface area contributed by atoms with E-state index in [0.29, 0.717) is 17.3 Å². The van der Waals surface area contributed by atoms with E-state index in [1.807, 2.05) is 13.8 Å². The lowest BCUT2D eigenvalue weighted by Gasteiger charge is -2.18. The Morgan fingerprint density at radius 2 is 2.03 bits per heavy atom. The smallest absolute Gasteiger partial charge is 0.359 e. The van der Waals surface area contributed by atoms with E-state index in [4.69, 9.17) is 21.1 Å². The number of benzene rings is 1. The van der Waals surface area contributed by atoms with Gasteiger partial charge in [-0.1, -0.05) is 31.5 Å². The Kier molecular flexibility index (Phi) is 7.73. The summed E-state index contributed by atoms with van der Waals surface area (Å²) in [5.74, 6) is -1.01. The van der Waals surface area contributed by atoms with Gasteiger partial charge in [0, 0.05) is 19.7 Å². The quantitative estimate of drug-likeness (QED) is 0.473. The molecule has 0 fully saturated rings. The van der Waals surface area contributed by atoms with E-state index < -0.39 is 17.9 Å². The van der Waals surface area contributed by atoms with Crippen molar-refractivity contribution in [2.75, 3.05) is 32.7 Å². The zero-order chi connectivity index (χ0) is 25.2. The third-order valence-electron chi connectivity index (χ3n) is 5.05.